The fraction of sp³-hybridized carbons (Fsp3) is 0.533. The second-order valence-corrected chi connectivity index (χ2v) is 5.87. The lowest BCUT2D eigenvalue weighted by molar-refractivity contribution is -0.129. The van der Waals surface area contributed by atoms with Crippen LogP contribution in [0, 0.1) is 5.92 Å². The Morgan fingerprint density at radius 3 is 3.05 bits per heavy atom. The molecule has 0 saturated carbocycles. The molecule has 0 unspecified atom stereocenters. The minimum Gasteiger partial charge on any atom is -0.488 e. The van der Waals surface area contributed by atoms with E-state index in [0.717, 1.165) is 29.7 Å². The highest BCUT2D eigenvalue weighted by molar-refractivity contribution is 9.10. The number of carbonyl (C=O) groups is 1. The molecule has 0 bridgehead atoms. The van der Waals surface area contributed by atoms with Gasteiger partial charge in [0.2, 0.25) is 5.91 Å². The van der Waals surface area contributed by atoms with E-state index in [-0.39, 0.29) is 17.9 Å². The maximum atomic E-state index is 12.0. The molecule has 1 aromatic rings. The van der Waals surface area contributed by atoms with Crippen molar-refractivity contribution in [1.29, 1.82) is 0 Å². The molecule has 5 heteroatoms. The van der Waals surface area contributed by atoms with Crippen LogP contribution >= 0.6 is 15.9 Å². The van der Waals surface area contributed by atoms with Gasteiger partial charge in [0.15, 0.2) is 0 Å². The summed E-state index contributed by atoms with van der Waals surface area (Å²) < 4.78 is 12.0. The van der Waals surface area contributed by atoms with Gasteiger partial charge in [0.05, 0.1) is 23.5 Å². The van der Waals surface area contributed by atoms with Gasteiger partial charge in [0.25, 0.3) is 0 Å². The number of hydrogen-bond acceptors (Lipinski definition) is 3. The minimum absolute atomic E-state index is 0.0144. The summed E-state index contributed by atoms with van der Waals surface area (Å²) >= 11 is 3.44. The predicted molar refractivity (Wildman–Crippen MR) is 80.8 cm³/mol. The Balaban J connectivity index is 1.76. The summed E-state index contributed by atoms with van der Waals surface area (Å²) in [6.07, 6.45) is 1.79. The number of rotatable bonds is 5. The lowest BCUT2D eigenvalue weighted by Gasteiger charge is -2.22. The third-order valence-corrected chi connectivity index (χ3v) is 3.91. The normalized spacial score (nSPS) is 20.2. The molecule has 1 amide bonds. The van der Waals surface area contributed by atoms with Crippen molar-refractivity contribution in [2.24, 2.45) is 5.92 Å². The van der Waals surface area contributed by atoms with Crippen molar-refractivity contribution >= 4 is 21.8 Å². The first-order valence-corrected chi connectivity index (χ1v) is 7.72. The molecule has 1 saturated heterocycles. The molecule has 0 aromatic heterocycles. The zero-order chi connectivity index (χ0) is 14.4. The zero-order valence-electron chi connectivity index (χ0n) is 11.6. The van der Waals surface area contributed by atoms with E-state index in [0.29, 0.717) is 13.2 Å². The minimum atomic E-state index is -0.0813. The molecule has 1 aliphatic rings. The van der Waals surface area contributed by atoms with Crippen LogP contribution in [-0.2, 0) is 9.53 Å². The fourth-order valence-corrected chi connectivity index (χ4v) is 2.51. The van der Waals surface area contributed by atoms with E-state index in [1.165, 1.54) is 0 Å². The largest absolute Gasteiger partial charge is 0.488 e. The average molecular weight is 342 g/mol. The highest BCUT2D eigenvalue weighted by atomic mass is 79.9. The molecule has 4 nitrogen and oxygen atoms in total. The molecule has 0 aliphatic carbocycles. The van der Waals surface area contributed by atoms with Gasteiger partial charge in [-0.1, -0.05) is 12.1 Å². The number of hydrogen-bond donors (Lipinski definition) is 1. The maximum absolute atomic E-state index is 12.0. The Kier molecular flexibility index (Phi) is 5.86. The van der Waals surface area contributed by atoms with Crippen LogP contribution in [0.1, 0.15) is 19.8 Å². The van der Waals surface area contributed by atoms with Gasteiger partial charge in [-0.3, -0.25) is 4.79 Å². The van der Waals surface area contributed by atoms with Crippen molar-refractivity contribution in [2.75, 3.05) is 19.8 Å². The van der Waals surface area contributed by atoms with Gasteiger partial charge in [0, 0.05) is 6.61 Å². The Labute approximate surface area is 128 Å². The Morgan fingerprint density at radius 2 is 2.35 bits per heavy atom. The molecule has 2 rings (SSSR count). The summed E-state index contributed by atoms with van der Waals surface area (Å²) in [5.41, 5.74) is 0. The van der Waals surface area contributed by atoms with Gasteiger partial charge in [-0.25, -0.2) is 0 Å². The molecule has 1 heterocycles. The molecule has 0 radical (unpaired) electrons. The smallest absolute Gasteiger partial charge is 0.225 e. The quantitative estimate of drug-likeness (QED) is 0.895. The van der Waals surface area contributed by atoms with Gasteiger partial charge in [-0.2, -0.15) is 0 Å². The number of carbonyl (C=O) groups excluding carboxylic acids is 1. The summed E-state index contributed by atoms with van der Waals surface area (Å²) in [4.78, 5) is 12.0. The molecule has 0 spiro atoms. The molecule has 2 atom stereocenters. The van der Waals surface area contributed by atoms with Crippen LogP contribution in [0.25, 0.3) is 0 Å². The summed E-state index contributed by atoms with van der Waals surface area (Å²) in [6.45, 7) is 3.74. The molecule has 1 aromatic carbocycles. The third-order valence-electron chi connectivity index (χ3n) is 3.26. The Morgan fingerprint density at radius 1 is 1.55 bits per heavy atom. The van der Waals surface area contributed by atoms with Crippen LogP contribution in [0.3, 0.4) is 0 Å². The van der Waals surface area contributed by atoms with E-state index >= 15 is 0 Å². The fourth-order valence-electron chi connectivity index (χ4n) is 2.13. The molecule has 20 heavy (non-hydrogen) atoms. The summed E-state index contributed by atoms with van der Waals surface area (Å²) in [5.74, 6) is 0.835. The van der Waals surface area contributed by atoms with Crippen LogP contribution in [-0.4, -0.2) is 31.8 Å². The maximum Gasteiger partial charge on any atom is 0.225 e. The number of nitrogens with one attached hydrogen (secondary N) is 1. The third kappa shape index (κ3) is 4.49. The highest BCUT2D eigenvalue weighted by Gasteiger charge is 2.22. The first kappa shape index (κ1) is 15.3. The highest BCUT2D eigenvalue weighted by Crippen LogP contribution is 2.24. The standard InChI is InChI=1S/C15H20BrNO3/c1-11(20-14-7-3-2-6-13(14)16)9-17-15(18)12-5-4-8-19-10-12/h2-3,6-7,11-12H,4-5,8-10H2,1H3,(H,17,18)/t11-,12-/m0/s1. The van der Waals surface area contributed by atoms with Gasteiger partial charge >= 0.3 is 0 Å². The van der Waals surface area contributed by atoms with Crippen molar-refractivity contribution in [2.45, 2.75) is 25.9 Å². The molecular weight excluding hydrogens is 322 g/mol. The molecule has 1 aliphatic heterocycles. The van der Waals surface area contributed by atoms with Crippen LogP contribution in [0.2, 0.25) is 0 Å². The van der Waals surface area contributed by atoms with E-state index < -0.39 is 0 Å². The topological polar surface area (TPSA) is 47.6 Å². The van der Waals surface area contributed by atoms with E-state index in [2.05, 4.69) is 21.2 Å². The van der Waals surface area contributed by atoms with E-state index in [4.69, 9.17) is 9.47 Å². The van der Waals surface area contributed by atoms with E-state index in [1.807, 2.05) is 31.2 Å². The predicted octanol–water partition coefficient (Wildman–Crippen LogP) is 2.76. The van der Waals surface area contributed by atoms with Gasteiger partial charge in [-0.05, 0) is 47.8 Å². The summed E-state index contributed by atoms with van der Waals surface area (Å²) in [7, 11) is 0. The van der Waals surface area contributed by atoms with Crippen LogP contribution < -0.4 is 10.1 Å². The lowest BCUT2D eigenvalue weighted by atomic mass is 10.0. The number of benzene rings is 1. The van der Waals surface area contributed by atoms with Crippen molar-refractivity contribution in [1.82, 2.24) is 5.32 Å². The van der Waals surface area contributed by atoms with Crippen LogP contribution in [0.4, 0.5) is 0 Å². The molecule has 110 valence electrons. The number of ether oxygens (including phenoxy) is 2. The van der Waals surface area contributed by atoms with Gasteiger partial charge < -0.3 is 14.8 Å². The monoisotopic (exact) mass is 341 g/mol. The number of halogens is 1. The van der Waals surface area contributed by atoms with Crippen molar-refractivity contribution < 1.29 is 14.3 Å². The Hall–Kier alpha value is -1.07. The number of amides is 1. The second kappa shape index (κ2) is 7.64. The van der Waals surface area contributed by atoms with E-state index in [9.17, 15) is 4.79 Å². The van der Waals surface area contributed by atoms with E-state index in [1.54, 1.807) is 0 Å². The SMILES string of the molecule is C[C@@H](CNC(=O)[C@H]1CCCOC1)Oc1ccccc1Br. The van der Waals surface area contributed by atoms with Crippen LogP contribution in [0.5, 0.6) is 5.75 Å². The first-order chi connectivity index (χ1) is 9.66. The summed E-state index contributed by atoms with van der Waals surface area (Å²) in [6, 6.07) is 7.69. The van der Waals surface area contributed by atoms with Crippen molar-refractivity contribution in [3.05, 3.63) is 28.7 Å². The van der Waals surface area contributed by atoms with Gasteiger partial charge in [-0.15, -0.1) is 0 Å². The first-order valence-electron chi connectivity index (χ1n) is 6.93. The van der Waals surface area contributed by atoms with Crippen molar-refractivity contribution in [3.63, 3.8) is 0 Å². The second-order valence-electron chi connectivity index (χ2n) is 5.02. The Bertz CT molecular complexity index is 446. The molecular formula is C15H20BrNO3. The molecule has 1 fully saturated rings. The lowest BCUT2D eigenvalue weighted by Crippen LogP contribution is -2.40. The average Bonchev–Trinajstić information content (AvgIpc) is 2.48. The van der Waals surface area contributed by atoms with Crippen LogP contribution in [0.15, 0.2) is 28.7 Å². The summed E-state index contributed by atoms with van der Waals surface area (Å²) in [5, 5.41) is 2.93. The number of para-hydroxylation sites is 1. The zero-order valence-corrected chi connectivity index (χ0v) is 13.2. The van der Waals surface area contributed by atoms with Gasteiger partial charge in [0.1, 0.15) is 11.9 Å². The van der Waals surface area contributed by atoms with Crippen molar-refractivity contribution in [3.8, 4) is 5.75 Å². The molecule has 1 N–H and O–H groups in total.